The minimum Gasteiger partial charge on any atom is -0.292 e. The van der Waals surface area contributed by atoms with Gasteiger partial charge in [0, 0.05) is 36.2 Å². The van der Waals surface area contributed by atoms with Gasteiger partial charge in [-0.25, -0.2) is 18.2 Å². The largest absolute Gasteiger partial charge is 0.292 e. The van der Waals surface area contributed by atoms with Crippen LogP contribution in [0.25, 0.3) is 0 Å². The molecule has 0 aromatic heterocycles. The van der Waals surface area contributed by atoms with Gasteiger partial charge in [0.1, 0.15) is 5.82 Å². The molecule has 0 aliphatic carbocycles. The van der Waals surface area contributed by atoms with Crippen molar-refractivity contribution in [1.82, 2.24) is 14.6 Å². The third-order valence-electron chi connectivity index (χ3n) is 4.45. The predicted octanol–water partition coefficient (Wildman–Crippen LogP) is 2.04. The number of nitrogens with zero attached hydrogens (tertiary/aromatic N) is 3. The maximum Gasteiger partial charge on any atom is 0.254 e. The van der Waals surface area contributed by atoms with Crippen LogP contribution in [0.4, 0.5) is 4.39 Å². The molecule has 1 aliphatic rings. The fraction of sp³-hybridized carbons (Fsp3) is 0.263. The molecule has 1 saturated heterocycles. The van der Waals surface area contributed by atoms with Gasteiger partial charge in [0.05, 0.1) is 17.7 Å². The number of rotatable bonds is 6. The topological polar surface area (TPSA) is 82.1 Å². The van der Waals surface area contributed by atoms with Crippen LogP contribution < -0.4 is 5.43 Å². The number of amides is 1. The Morgan fingerprint density at radius 1 is 1.10 bits per heavy atom. The third-order valence-corrected chi connectivity index (χ3v) is 6.89. The van der Waals surface area contributed by atoms with E-state index in [-0.39, 0.29) is 22.9 Å². The molecule has 1 amide bonds. The van der Waals surface area contributed by atoms with Crippen LogP contribution >= 0.6 is 15.9 Å². The number of hydrogen-bond acceptors (Lipinski definition) is 5. The van der Waals surface area contributed by atoms with Gasteiger partial charge in [0.2, 0.25) is 10.0 Å². The smallest absolute Gasteiger partial charge is 0.254 e. The molecule has 0 radical (unpaired) electrons. The highest BCUT2D eigenvalue weighted by Gasteiger charge is 2.28. The minimum atomic E-state index is -3.55. The van der Waals surface area contributed by atoms with Gasteiger partial charge in [-0.05, 0) is 30.3 Å². The highest BCUT2D eigenvalue weighted by molar-refractivity contribution is 9.10. The Kier molecular flexibility index (Phi) is 7.12. The number of nitrogens with one attached hydrogen (secondary N) is 1. The van der Waals surface area contributed by atoms with E-state index >= 15 is 0 Å². The molecular weight excluding hydrogens is 463 g/mol. The minimum absolute atomic E-state index is 0.0841. The standard InChI is InChI=1S/C19H20BrFN4O3S/c20-16-5-7-17(8-6-16)29(27,28)25-11-9-24(10-12-25)14-19(26)23-22-13-15-3-1-2-4-18(15)21/h1-8,13H,9-12,14H2,(H,23,26)/b22-13-. The lowest BCUT2D eigenvalue weighted by Crippen LogP contribution is -2.50. The Morgan fingerprint density at radius 3 is 2.41 bits per heavy atom. The maximum absolute atomic E-state index is 13.5. The van der Waals surface area contributed by atoms with E-state index in [2.05, 4.69) is 26.5 Å². The molecule has 0 spiro atoms. The monoisotopic (exact) mass is 482 g/mol. The SMILES string of the molecule is O=C(CN1CCN(S(=O)(=O)c2ccc(Br)cc2)CC1)N/N=C\c1ccccc1F. The van der Waals surface area contributed by atoms with Crippen LogP contribution in [0.1, 0.15) is 5.56 Å². The second kappa shape index (κ2) is 9.57. The molecule has 3 rings (SSSR count). The molecule has 2 aromatic rings. The summed E-state index contributed by atoms with van der Waals surface area (Å²) in [6.45, 7) is 1.54. The van der Waals surface area contributed by atoms with Crippen molar-refractivity contribution >= 4 is 38.1 Å². The van der Waals surface area contributed by atoms with Crippen molar-refractivity contribution in [3.8, 4) is 0 Å². The first kappa shape index (κ1) is 21.6. The number of halogens is 2. The normalized spacial score (nSPS) is 16.2. The zero-order valence-corrected chi connectivity index (χ0v) is 17.9. The Bertz CT molecular complexity index is 991. The van der Waals surface area contributed by atoms with Gasteiger partial charge in [0.15, 0.2) is 0 Å². The van der Waals surface area contributed by atoms with Crippen molar-refractivity contribution in [1.29, 1.82) is 0 Å². The Morgan fingerprint density at radius 2 is 1.76 bits per heavy atom. The Balaban J connectivity index is 1.48. The second-order valence-electron chi connectivity index (χ2n) is 6.45. The molecule has 0 unspecified atom stereocenters. The summed E-state index contributed by atoms with van der Waals surface area (Å²) < 4.78 is 41.1. The van der Waals surface area contributed by atoms with Gasteiger partial charge >= 0.3 is 0 Å². The molecule has 154 valence electrons. The summed E-state index contributed by atoms with van der Waals surface area (Å²) in [7, 11) is -3.55. The van der Waals surface area contributed by atoms with E-state index in [1.807, 2.05) is 4.90 Å². The predicted molar refractivity (Wildman–Crippen MR) is 111 cm³/mol. The summed E-state index contributed by atoms with van der Waals surface area (Å²) in [6.07, 6.45) is 1.25. The zero-order valence-electron chi connectivity index (χ0n) is 15.5. The van der Waals surface area contributed by atoms with Gasteiger partial charge in [-0.15, -0.1) is 0 Å². The average molecular weight is 483 g/mol. The summed E-state index contributed by atoms with van der Waals surface area (Å²) >= 11 is 3.29. The molecule has 1 N–H and O–H groups in total. The first-order valence-electron chi connectivity index (χ1n) is 8.91. The van der Waals surface area contributed by atoms with Crippen LogP contribution in [0, 0.1) is 5.82 Å². The van der Waals surface area contributed by atoms with Crippen molar-refractivity contribution in [3.63, 3.8) is 0 Å². The molecule has 29 heavy (non-hydrogen) atoms. The van der Waals surface area contributed by atoms with Gasteiger partial charge in [-0.3, -0.25) is 9.69 Å². The van der Waals surface area contributed by atoms with E-state index in [9.17, 15) is 17.6 Å². The first-order valence-corrected chi connectivity index (χ1v) is 11.1. The average Bonchev–Trinajstić information content (AvgIpc) is 2.70. The molecule has 2 aromatic carbocycles. The van der Waals surface area contributed by atoms with E-state index in [4.69, 9.17) is 0 Å². The molecular formula is C19H20BrFN4O3S. The lowest BCUT2D eigenvalue weighted by atomic mass is 10.2. The van der Waals surface area contributed by atoms with Gasteiger partial charge in [0.25, 0.3) is 5.91 Å². The van der Waals surface area contributed by atoms with E-state index < -0.39 is 15.8 Å². The fourth-order valence-corrected chi connectivity index (χ4v) is 4.56. The number of piperazine rings is 1. The number of benzene rings is 2. The van der Waals surface area contributed by atoms with Crippen molar-refractivity contribution in [2.75, 3.05) is 32.7 Å². The van der Waals surface area contributed by atoms with Crippen molar-refractivity contribution in [2.24, 2.45) is 5.10 Å². The van der Waals surface area contributed by atoms with Crippen molar-refractivity contribution in [2.45, 2.75) is 4.90 Å². The van der Waals surface area contributed by atoms with Gasteiger partial charge in [-0.1, -0.05) is 34.1 Å². The molecule has 0 bridgehead atoms. The van der Waals surface area contributed by atoms with E-state index in [0.717, 1.165) is 4.47 Å². The molecule has 10 heteroatoms. The van der Waals surface area contributed by atoms with Crippen LogP contribution in [-0.4, -0.2) is 62.5 Å². The van der Waals surface area contributed by atoms with Crippen LogP contribution in [0.5, 0.6) is 0 Å². The number of sulfonamides is 1. The molecule has 0 atom stereocenters. The lowest BCUT2D eigenvalue weighted by Gasteiger charge is -2.33. The number of hydrogen-bond donors (Lipinski definition) is 1. The van der Waals surface area contributed by atoms with Crippen molar-refractivity contribution in [3.05, 3.63) is 64.4 Å². The summed E-state index contributed by atoms with van der Waals surface area (Å²) in [5.74, 6) is -0.768. The quantitative estimate of drug-likeness (QED) is 0.504. The Hall–Kier alpha value is -2.14. The Labute approximate surface area is 177 Å². The highest BCUT2D eigenvalue weighted by atomic mass is 79.9. The zero-order chi connectivity index (χ0) is 20.9. The van der Waals surface area contributed by atoms with Crippen molar-refractivity contribution < 1.29 is 17.6 Å². The van der Waals surface area contributed by atoms with Crippen LogP contribution in [-0.2, 0) is 14.8 Å². The first-order chi connectivity index (χ1) is 13.9. The summed E-state index contributed by atoms with van der Waals surface area (Å²) in [5.41, 5.74) is 2.64. The van der Waals surface area contributed by atoms with Crippen LogP contribution in [0.2, 0.25) is 0 Å². The van der Waals surface area contributed by atoms with E-state index in [0.29, 0.717) is 26.2 Å². The second-order valence-corrected chi connectivity index (χ2v) is 9.30. The fourth-order valence-electron chi connectivity index (χ4n) is 2.88. The van der Waals surface area contributed by atoms with E-state index in [1.54, 1.807) is 42.5 Å². The molecule has 1 fully saturated rings. The molecule has 0 saturated carbocycles. The van der Waals surface area contributed by atoms with E-state index in [1.165, 1.54) is 16.6 Å². The molecule has 1 heterocycles. The summed E-state index contributed by atoms with van der Waals surface area (Å²) in [6, 6.07) is 12.6. The van der Waals surface area contributed by atoms with Crippen LogP contribution in [0.3, 0.4) is 0 Å². The van der Waals surface area contributed by atoms with Gasteiger partial charge < -0.3 is 0 Å². The highest BCUT2D eigenvalue weighted by Crippen LogP contribution is 2.20. The number of carbonyl (C=O) groups excluding carboxylic acids is 1. The van der Waals surface area contributed by atoms with Gasteiger partial charge in [-0.2, -0.15) is 9.41 Å². The number of hydrazone groups is 1. The molecule has 1 aliphatic heterocycles. The lowest BCUT2D eigenvalue weighted by molar-refractivity contribution is -0.122. The summed E-state index contributed by atoms with van der Waals surface area (Å²) in [4.78, 5) is 14.1. The number of carbonyl (C=O) groups is 1. The molecule has 7 nitrogen and oxygen atoms in total. The maximum atomic E-state index is 13.5. The third kappa shape index (κ3) is 5.69. The summed E-state index contributed by atoms with van der Waals surface area (Å²) in [5, 5.41) is 3.77. The van der Waals surface area contributed by atoms with Crippen LogP contribution in [0.15, 0.2) is 63.0 Å².